The van der Waals surface area contributed by atoms with E-state index in [1.807, 2.05) is 6.07 Å². The fraction of sp³-hybridized carbons (Fsp3) is 0.312. The first kappa shape index (κ1) is 16.3. The summed E-state index contributed by atoms with van der Waals surface area (Å²) in [5.41, 5.74) is 1.74. The minimum Gasteiger partial charge on any atom is -0.349 e. The van der Waals surface area contributed by atoms with Crippen molar-refractivity contribution in [3.05, 3.63) is 46.7 Å². The number of hydrogen-bond acceptors (Lipinski definition) is 3. The molecular formula is C16H18ClN5O2. The SMILES string of the molecule is Cn1nccc1CNC(=O)Nc1ccc(Cl)c(C(=O)NC2CC2)c1. The Kier molecular flexibility index (Phi) is 4.71. The molecule has 1 aromatic carbocycles. The highest BCUT2D eigenvalue weighted by Gasteiger charge is 2.24. The quantitative estimate of drug-likeness (QED) is 0.775. The van der Waals surface area contributed by atoms with Gasteiger partial charge in [0.05, 0.1) is 22.8 Å². The van der Waals surface area contributed by atoms with Crippen LogP contribution in [0.4, 0.5) is 10.5 Å². The highest BCUT2D eigenvalue weighted by molar-refractivity contribution is 6.34. The number of amides is 3. The summed E-state index contributed by atoms with van der Waals surface area (Å²) in [6, 6.07) is 6.52. The van der Waals surface area contributed by atoms with E-state index in [4.69, 9.17) is 11.6 Å². The Morgan fingerprint density at radius 3 is 2.79 bits per heavy atom. The van der Waals surface area contributed by atoms with Gasteiger partial charge >= 0.3 is 6.03 Å². The first-order valence-corrected chi connectivity index (χ1v) is 8.03. The summed E-state index contributed by atoms with van der Waals surface area (Å²) >= 11 is 6.08. The molecule has 3 rings (SSSR count). The molecule has 2 aromatic rings. The van der Waals surface area contributed by atoms with Crippen molar-refractivity contribution in [2.45, 2.75) is 25.4 Å². The van der Waals surface area contributed by atoms with E-state index in [9.17, 15) is 9.59 Å². The number of carbonyl (C=O) groups is 2. The molecule has 126 valence electrons. The summed E-state index contributed by atoms with van der Waals surface area (Å²) in [5.74, 6) is -0.221. The number of anilines is 1. The zero-order valence-electron chi connectivity index (χ0n) is 13.2. The van der Waals surface area contributed by atoms with Gasteiger partial charge in [0.2, 0.25) is 0 Å². The van der Waals surface area contributed by atoms with Crippen molar-refractivity contribution in [2.75, 3.05) is 5.32 Å². The van der Waals surface area contributed by atoms with Crippen LogP contribution in [0.25, 0.3) is 0 Å². The van der Waals surface area contributed by atoms with Crippen molar-refractivity contribution in [3.63, 3.8) is 0 Å². The highest BCUT2D eigenvalue weighted by atomic mass is 35.5. The van der Waals surface area contributed by atoms with Gasteiger partial charge in [-0.3, -0.25) is 9.48 Å². The fourth-order valence-electron chi connectivity index (χ4n) is 2.19. The molecule has 0 radical (unpaired) electrons. The van der Waals surface area contributed by atoms with Gasteiger partial charge < -0.3 is 16.0 Å². The van der Waals surface area contributed by atoms with Gasteiger partial charge in [-0.15, -0.1) is 0 Å². The van der Waals surface area contributed by atoms with Crippen LogP contribution in [0.5, 0.6) is 0 Å². The second-order valence-corrected chi connectivity index (χ2v) is 6.10. The number of rotatable bonds is 5. The first-order valence-electron chi connectivity index (χ1n) is 7.65. The van der Waals surface area contributed by atoms with Crippen molar-refractivity contribution in [1.29, 1.82) is 0 Å². The summed E-state index contributed by atoms with van der Waals surface area (Å²) < 4.78 is 1.68. The normalized spacial score (nSPS) is 13.4. The lowest BCUT2D eigenvalue weighted by molar-refractivity contribution is 0.0951. The molecule has 0 saturated heterocycles. The zero-order chi connectivity index (χ0) is 17.1. The molecule has 0 spiro atoms. The highest BCUT2D eigenvalue weighted by Crippen LogP contribution is 2.23. The predicted octanol–water partition coefficient (Wildman–Crippen LogP) is 2.29. The summed E-state index contributed by atoms with van der Waals surface area (Å²) in [7, 11) is 1.80. The minimum atomic E-state index is -0.368. The van der Waals surface area contributed by atoms with Crippen molar-refractivity contribution < 1.29 is 9.59 Å². The van der Waals surface area contributed by atoms with Crippen LogP contribution in [0.3, 0.4) is 0 Å². The third kappa shape index (κ3) is 4.05. The van der Waals surface area contributed by atoms with E-state index in [1.165, 1.54) is 0 Å². The van der Waals surface area contributed by atoms with Crippen LogP contribution in [0.2, 0.25) is 5.02 Å². The maximum atomic E-state index is 12.1. The summed E-state index contributed by atoms with van der Waals surface area (Å²) in [6.07, 6.45) is 3.66. The van der Waals surface area contributed by atoms with Gasteiger partial charge in [0, 0.05) is 25.0 Å². The standard InChI is InChI=1S/C16H18ClN5O2/c1-22-12(6-7-19-22)9-18-16(24)21-11-4-5-14(17)13(8-11)15(23)20-10-2-3-10/h4-8,10H,2-3,9H2,1H3,(H,20,23)(H2,18,21,24). The third-order valence-electron chi connectivity index (χ3n) is 3.73. The molecule has 1 heterocycles. The Labute approximate surface area is 144 Å². The Balaban J connectivity index is 1.60. The number of urea groups is 1. The van der Waals surface area contributed by atoms with E-state index in [-0.39, 0.29) is 18.0 Å². The van der Waals surface area contributed by atoms with Gasteiger partial charge in [-0.25, -0.2) is 4.79 Å². The van der Waals surface area contributed by atoms with Gasteiger partial charge in [-0.1, -0.05) is 11.6 Å². The molecule has 1 aliphatic carbocycles. The van der Waals surface area contributed by atoms with Gasteiger partial charge in [0.1, 0.15) is 0 Å². The van der Waals surface area contributed by atoms with Gasteiger partial charge in [-0.2, -0.15) is 5.10 Å². The van der Waals surface area contributed by atoms with Gasteiger partial charge in [0.25, 0.3) is 5.91 Å². The van der Waals surface area contributed by atoms with Gasteiger partial charge in [0.15, 0.2) is 0 Å². The average molecular weight is 348 g/mol. The Morgan fingerprint density at radius 1 is 1.33 bits per heavy atom. The number of nitrogens with zero attached hydrogens (tertiary/aromatic N) is 2. The number of aromatic nitrogens is 2. The number of aryl methyl sites for hydroxylation is 1. The van der Waals surface area contributed by atoms with Crippen molar-refractivity contribution >= 4 is 29.2 Å². The lowest BCUT2D eigenvalue weighted by atomic mass is 10.2. The molecule has 24 heavy (non-hydrogen) atoms. The van der Waals surface area contributed by atoms with Gasteiger partial charge in [-0.05, 0) is 37.1 Å². The minimum absolute atomic E-state index is 0.221. The van der Waals surface area contributed by atoms with E-state index in [2.05, 4.69) is 21.0 Å². The van der Waals surface area contributed by atoms with Crippen molar-refractivity contribution in [3.8, 4) is 0 Å². The molecule has 3 N–H and O–H groups in total. The van der Waals surface area contributed by atoms with E-state index < -0.39 is 0 Å². The van der Waals surface area contributed by atoms with Crippen molar-refractivity contribution in [2.24, 2.45) is 7.05 Å². The molecule has 0 bridgehead atoms. The molecule has 1 aliphatic rings. The van der Waals surface area contributed by atoms with E-state index in [1.54, 1.807) is 36.1 Å². The summed E-state index contributed by atoms with van der Waals surface area (Å²) in [6.45, 7) is 0.352. The molecular weight excluding hydrogens is 330 g/mol. The molecule has 0 unspecified atom stereocenters. The molecule has 1 aromatic heterocycles. The van der Waals surface area contributed by atoms with Crippen LogP contribution in [0, 0.1) is 0 Å². The van der Waals surface area contributed by atoms with Crippen LogP contribution in [-0.4, -0.2) is 27.8 Å². The maximum Gasteiger partial charge on any atom is 0.319 e. The molecule has 1 saturated carbocycles. The van der Waals surface area contributed by atoms with Crippen LogP contribution in [-0.2, 0) is 13.6 Å². The predicted molar refractivity (Wildman–Crippen MR) is 91.0 cm³/mol. The monoisotopic (exact) mass is 347 g/mol. The summed E-state index contributed by atoms with van der Waals surface area (Å²) in [5, 5.41) is 12.7. The van der Waals surface area contributed by atoms with Crippen LogP contribution >= 0.6 is 11.6 Å². The Hall–Kier alpha value is -2.54. The summed E-state index contributed by atoms with van der Waals surface area (Å²) in [4.78, 5) is 24.1. The Bertz CT molecular complexity index is 770. The molecule has 8 heteroatoms. The number of hydrogen-bond donors (Lipinski definition) is 3. The largest absolute Gasteiger partial charge is 0.349 e. The first-order chi connectivity index (χ1) is 11.5. The number of carbonyl (C=O) groups excluding carboxylic acids is 2. The lowest BCUT2D eigenvalue weighted by Gasteiger charge is -2.10. The van der Waals surface area contributed by atoms with Crippen LogP contribution in [0.15, 0.2) is 30.5 Å². The number of nitrogens with one attached hydrogen (secondary N) is 3. The third-order valence-corrected chi connectivity index (χ3v) is 4.06. The van der Waals surface area contributed by atoms with E-state index >= 15 is 0 Å². The molecule has 0 aliphatic heterocycles. The fourth-order valence-corrected chi connectivity index (χ4v) is 2.39. The van der Waals surface area contributed by atoms with Crippen molar-refractivity contribution in [1.82, 2.24) is 20.4 Å². The smallest absolute Gasteiger partial charge is 0.319 e. The van der Waals surface area contributed by atoms with E-state index in [0.717, 1.165) is 18.5 Å². The second kappa shape index (κ2) is 6.92. The molecule has 1 fully saturated rings. The number of benzene rings is 1. The molecule has 0 atom stereocenters. The van der Waals surface area contributed by atoms with Crippen LogP contribution < -0.4 is 16.0 Å². The topological polar surface area (TPSA) is 88.1 Å². The molecule has 7 nitrogen and oxygen atoms in total. The van der Waals surface area contributed by atoms with Crippen LogP contribution in [0.1, 0.15) is 28.9 Å². The lowest BCUT2D eigenvalue weighted by Crippen LogP contribution is -2.29. The number of halogens is 1. The second-order valence-electron chi connectivity index (χ2n) is 5.70. The van der Waals surface area contributed by atoms with E-state index in [0.29, 0.717) is 22.8 Å². The maximum absolute atomic E-state index is 12.1. The average Bonchev–Trinajstić information content (AvgIpc) is 3.27. The molecule has 3 amide bonds. The Morgan fingerprint density at radius 2 is 2.12 bits per heavy atom. The zero-order valence-corrected chi connectivity index (χ0v) is 13.9.